The Morgan fingerprint density at radius 3 is 1.98 bits per heavy atom. The van der Waals surface area contributed by atoms with Crippen LogP contribution in [0.2, 0.25) is 0 Å². The highest BCUT2D eigenvalue weighted by Gasteiger charge is 2.58. The molecule has 0 unspecified atom stereocenters. The first-order valence-electron chi connectivity index (χ1n) is 17.5. The number of carboxylic acids is 1. The number of carbonyl (C=O) groups excluding carboxylic acids is 4. The van der Waals surface area contributed by atoms with Crippen molar-refractivity contribution in [1.29, 1.82) is 0 Å². The number of fused-ring (bicyclic) bond motifs is 1. The Morgan fingerprint density at radius 1 is 0.946 bits per heavy atom. The van der Waals surface area contributed by atoms with Gasteiger partial charge < -0.3 is 26.8 Å². The standard InChI is InChI=1S/C37H45F7N6O6/c1-18(2)26(45)32(53)49(6)37(19(3)4,34(55)56)50-28-20(5)9-7-12-25(28)27(21-10-8-11-22(38)17-21)47-30(33(50)54)48-31(52)24(14-16-36(42,43)44)23(29(46)51)13-15-35(39,40)41/h7-12,17-19,23-24,26,30H,13-16,45H2,1-6H3,(H2,46,51)(H,48,52)(H,55,56)/t23-,24+,26-,30+,37+/m0/s1. The van der Waals surface area contributed by atoms with Crippen LogP contribution in [0.5, 0.6) is 0 Å². The van der Waals surface area contributed by atoms with Gasteiger partial charge in [-0.15, -0.1) is 0 Å². The van der Waals surface area contributed by atoms with Gasteiger partial charge in [0.1, 0.15) is 5.82 Å². The lowest BCUT2D eigenvalue weighted by atomic mass is 9.83. The number of anilines is 1. The summed E-state index contributed by atoms with van der Waals surface area (Å²) in [6.45, 7) is 7.43. The predicted octanol–water partition coefficient (Wildman–Crippen LogP) is 5.04. The van der Waals surface area contributed by atoms with Crippen molar-refractivity contribution < 1.29 is 59.8 Å². The quantitative estimate of drug-likeness (QED) is 0.182. The van der Waals surface area contributed by atoms with Crippen LogP contribution in [0, 0.1) is 36.4 Å². The van der Waals surface area contributed by atoms with Crippen LogP contribution >= 0.6 is 0 Å². The molecule has 2 aromatic carbocycles. The summed E-state index contributed by atoms with van der Waals surface area (Å²) in [5.41, 5.74) is 8.66. The molecule has 56 heavy (non-hydrogen) atoms. The van der Waals surface area contributed by atoms with Crippen molar-refractivity contribution in [3.63, 3.8) is 0 Å². The highest BCUT2D eigenvalue weighted by molar-refractivity contribution is 6.22. The van der Waals surface area contributed by atoms with E-state index in [1.54, 1.807) is 13.8 Å². The topological polar surface area (TPSA) is 188 Å². The molecule has 1 aliphatic heterocycles. The van der Waals surface area contributed by atoms with E-state index < -0.39 is 115 Å². The van der Waals surface area contributed by atoms with Crippen molar-refractivity contribution in [1.82, 2.24) is 10.2 Å². The number of nitrogens with zero attached hydrogens (tertiary/aromatic N) is 3. The number of aliphatic imine (C=N–C) groups is 1. The van der Waals surface area contributed by atoms with Crippen molar-refractivity contribution in [2.75, 3.05) is 11.9 Å². The molecule has 0 radical (unpaired) electrons. The highest BCUT2D eigenvalue weighted by atomic mass is 19.4. The maximum absolute atomic E-state index is 15.1. The second-order valence-corrected chi connectivity index (χ2v) is 14.3. The minimum Gasteiger partial charge on any atom is -0.478 e. The summed E-state index contributed by atoms with van der Waals surface area (Å²) in [6.07, 6.45) is -18.0. The number of carboxylic acid groups (broad SMARTS) is 1. The van der Waals surface area contributed by atoms with E-state index in [4.69, 9.17) is 11.5 Å². The van der Waals surface area contributed by atoms with E-state index >= 15 is 4.79 Å². The normalized spacial score (nSPS) is 17.6. The van der Waals surface area contributed by atoms with Gasteiger partial charge in [-0.1, -0.05) is 58.0 Å². The summed E-state index contributed by atoms with van der Waals surface area (Å²) in [6, 6.07) is 7.82. The average Bonchev–Trinajstić information content (AvgIpc) is 3.19. The molecule has 12 nitrogen and oxygen atoms in total. The van der Waals surface area contributed by atoms with Crippen LogP contribution in [0.4, 0.5) is 36.4 Å². The molecule has 6 N–H and O–H groups in total. The lowest BCUT2D eigenvalue weighted by molar-refractivity contribution is -0.164. The van der Waals surface area contributed by atoms with Crippen molar-refractivity contribution >= 4 is 41.0 Å². The number of rotatable bonds is 15. The zero-order valence-electron chi connectivity index (χ0n) is 31.5. The number of benzodiazepines with no additional fused rings is 1. The molecule has 2 aromatic rings. The number of likely N-dealkylation sites (N-methyl/N-ethyl adjacent to an activating group) is 1. The summed E-state index contributed by atoms with van der Waals surface area (Å²) in [7, 11) is 1.10. The van der Waals surface area contributed by atoms with E-state index in [0.717, 1.165) is 24.1 Å². The van der Waals surface area contributed by atoms with E-state index in [9.17, 15) is 55.0 Å². The first kappa shape index (κ1) is 45.3. The van der Waals surface area contributed by atoms with Gasteiger partial charge >= 0.3 is 18.3 Å². The Hall–Kier alpha value is -5.07. The number of amides is 4. The molecule has 0 bridgehead atoms. The Labute approximate surface area is 318 Å². The minimum absolute atomic E-state index is 0.00482. The van der Waals surface area contributed by atoms with Gasteiger partial charge in [-0.05, 0) is 43.4 Å². The Morgan fingerprint density at radius 2 is 1.50 bits per heavy atom. The maximum atomic E-state index is 15.1. The molecule has 1 aliphatic rings. The van der Waals surface area contributed by atoms with Crippen LogP contribution in [0.1, 0.15) is 70.1 Å². The molecule has 0 aromatic heterocycles. The summed E-state index contributed by atoms with van der Waals surface area (Å²) in [4.78, 5) is 75.2. The molecule has 1 heterocycles. The van der Waals surface area contributed by atoms with Gasteiger partial charge in [0.2, 0.25) is 29.6 Å². The number of hydrogen-bond donors (Lipinski definition) is 4. The molecule has 308 valence electrons. The number of benzene rings is 2. The zero-order chi connectivity index (χ0) is 42.7. The Balaban J connectivity index is 2.43. The van der Waals surface area contributed by atoms with E-state index in [-0.39, 0.29) is 28.1 Å². The summed E-state index contributed by atoms with van der Waals surface area (Å²) >= 11 is 0. The zero-order valence-corrected chi connectivity index (χ0v) is 31.5. The third-order valence-corrected chi connectivity index (χ3v) is 9.78. The SMILES string of the molecule is Cc1cccc2c1N([C@@](C(=O)O)(C(C)C)N(C)C(=O)[C@@H](N)C(C)C)C(=O)[C@@H](NC(=O)[C@H](CCC(F)(F)F)[C@H](CCC(F)(F)F)C(N)=O)N=C2c1cccc(F)c1. The molecular formula is C37H45F7N6O6. The van der Waals surface area contributed by atoms with Gasteiger partial charge in [-0.25, -0.2) is 14.2 Å². The van der Waals surface area contributed by atoms with Gasteiger partial charge in [0.25, 0.3) is 5.91 Å². The highest BCUT2D eigenvalue weighted by Crippen LogP contribution is 2.41. The maximum Gasteiger partial charge on any atom is 0.389 e. The van der Waals surface area contributed by atoms with Crippen LogP contribution in [0.15, 0.2) is 47.5 Å². The van der Waals surface area contributed by atoms with E-state index in [2.05, 4.69) is 10.3 Å². The molecule has 0 saturated heterocycles. The molecule has 0 spiro atoms. The van der Waals surface area contributed by atoms with Gasteiger partial charge in [-0.2, -0.15) is 26.3 Å². The van der Waals surface area contributed by atoms with E-state index in [0.29, 0.717) is 4.90 Å². The number of nitrogens with two attached hydrogens (primary N) is 2. The number of nitrogens with one attached hydrogen (secondary N) is 1. The Bertz CT molecular complexity index is 1850. The smallest absolute Gasteiger partial charge is 0.389 e. The van der Waals surface area contributed by atoms with Crippen LogP contribution in [-0.2, 0) is 24.0 Å². The van der Waals surface area contributed by atoms with Crippen LogP contribution < -0.4 is 21.7 Å². The molecule has 0 saturated carbocycles. The van der Waals surface area contributed by atoms with Crippen molar-refractivity contribution in [2.45, 2.75) is 90.5 Å². The molecular weight excluding hydrogens is 757 g/mol. The van der Waals surface area contributed by atoms with Crippen LogP contribution in [0.25, 0.3) is 0 Å². The first-order chi connectivity index (χ1) is 25.8. The number of para-hydroxylation sites is 1. The molecule has 5 atom stereocenters. The van der Waals surface area contributed by atoms with Crippen LogP contribution in [-0.4, -0.2) is 82.6 Å². The van der Waals surface area contributed by atoms with Gasteiger partial charge in [-0.3, -0.25) is 24.1 Å². The third-order valence-electron chi connectivity index (χ3n) is 9.78. The monoisotopic (exact) mass is 802 g/mol. The van der Waals surface area contributed by atoms with Crippen molar-refractivity contribution in [3.05, 3.63) is 65.0 Å². The molecule has 0 aliphatic carbocycles. The summed E-state index contributed by atoms with van der Waals surface area (Å²) in [5.74, 6) is -13.9. The third kappa shape index (κ3) is 9.83. The second kappa shape index (κ2) is 17.4. The van der Waals surface area contributed by atoms with Gasteiger partial charge in [0.05, 0.1) is 17.4 Å². The van der Waals surface area contributed by atoms with Gasteiger partial charge in [0.15, 0.2) is 0 Å². The average molecular weight is 803 g/mol. The van der Waals surface area contributed by atoms with Gasteiger partial charge in [0, 0.05) is 48.8 Å². The number of aryl methyl sites for hydroxylation is 1. The molecule has 19 heteroatoms. The number of alkyl halides is 6. The van der Waals surface area contributed by atoms with Crippen molar-refractivity contribution in [3.8, 4) is 0 Å². The van der Waals surface area contributed by atoms with Crippen LogP contribution in [0.3, 0.4) is 0 Å². The summed E-state index contributed by atoms with van der Waals surface area (Å²) < 4.78 is 95.0. The second-order valence-electron chi connectivity index (χ2n) is 14.3. The predicted molar refractivity (Wildman–Crippen MR) is 190 cm³/mol. The largest absolute Gasteiger partial charge is 0.478 e. The molecule has 4 amide bonds. The lowest BCUT2D eigenvalue weighted by Gasteiger charge is -2.50. The fourth-order valence-electron chi connectivity index (χ4n) is 6.83. The molecule has 0 fully saturated rings. The Kier molecular flexibility index (Phi) is 14.1. The number of primary amides is 1. The number of halogens is 7. The van der Waals surface area contributed by atoms with Crippen molar-refractivity contribution in [2.24, 2.45) is 40.1 Å². The number of carbonyl (C=O) groups is 5. The minimum atomic E-state index is -4.95. The van der Waals surface area contributed by atoms with E-state index in [1.165, 1.54) is 51.1 Å². The fourth-order valence-corrected chi connectivity index (χ4v) is 6.83. The number of hydrogen-bond acceptors (Lipinski definition) is 7. The van der Waals surface area contributed by atoms with E-state index in [1.807, 2.05) is 0 Å². The first-order valence-corrected chi connectivity index (χ1v) is 17.5. The fraction of sp³-hybridized carbons (Fsp3) is 0.514. The summed E-state index contributed by atoms with van der Waals surface area (Å²) in [5, 5.41) is 13.3. The lowest BCUT2D eigenvalue weighted by Crippen LogP contribution is -2.73. The number of aliphatic carboxylic acids is 1. The molecule has 3 rings (SSSR count).